The molecule has 1 atom stereocenters. The van der Waals surface area contributed by atoms with Crippen LogP contribution < -0.4 is 0 Å². The number of rotatable bonds is 8. The van der Waals surface area contributed by atoms with Gasteiger partial charge in [0.05, 0.1) is 12.0 Å². The van der Waals surface area contributed by atoms with Gasteiger partial charge in [-0.15, -0.1) is 0 Å². The molecule has 3 heteroatoms. The minimum absolute atomic E-state index is 0.0841. The molecule has 0 aliphatic carbocycles. The number of hydrogen-bond acceptors (Lipinski definition) is 3. The van der Waals surface area contributed by atoms with Crippen molar-refractivity contribution in [3.05, 3.63) is 0 Å². The van der Waals surface area contributed by atoms with Crippen LogP contribution in [0.3, 0.4) is 0 Å². The molecule has 0 aromatic carbocycles. The molecular formula is C16H32O3. The van der Waals surface area contributed by atoms with Crippen molar-refractivity contribution in [3.63, 3.8) is 0 Å². The van der Waals surface area contributed by atoms with Gasteiger partial charge in [-0.25, -0.2) is 0 Å². The van der Waals surface area contributed by atoms with Crippen LogP contribution in [0.1, 0.15) is 67.7 Å². The van der Waals surface area contributed by atoms with Crippen LogP contribution in [0.5, 0.6) is 0 Å². The van der Waals surface area contributed by atoms with Crippen molar-refractivity contribution in [3.8, 4) is 0 Å². The molecule has 19 heavy (non-hydrogen) atoms. The average Bonchev–Trinajstić information content (AvgIpc) is 2.34. The van der Waals surface area contributed by atoms with Crippen LogP contribution in [0.4, 0.5) is 0 Å². The molecule has 0 spiro atoms. The van der Waals surface area contributed by atoms with E-state index in [1.807, 2.05) is 6.92 Å². The summed E-state index contributed by atoms with van der Waals surface area (Å²) in [4.78, 5) is 12.5. The molecule has 0 aromatic rings. The van der Waals surface area contributed by atoms with Gasteiger partial charge in [-0.1, -0.05) is 48.0 Å². The number of carbonyl (C=O) groups is 1. The lowest BCUT2D eigenvalue weighted by atomic mass is 9.58. The fourth-order valence-electron chi connectivity index (χ4n) is 2.36. The van der Waals surface area contributed by atoms with Gasteiger partial charge in [0.15, 0.2) is 0 Å². The van der Waals surface area contributed by atoms with Crippen molar-refractivity contribution in [1.82, 2.24) is 0 Å². The SMILES string of the molecule is CCC(C)(C)CC(C)(C(=O)OCCO)C(C)(C)CC. The first-order valence-electron chi connectivity index (χ1n) is 7.34. The van der Waals surface area contributed by atoms with Crippen molar-refractivity contribution >= 4 is 5.97 Å². The third kappa shape index (κ3) is 4.48. The van der Waals surface area contributed by atoms with Crippen molar-refractivity contribution < 1.29 is 14.6 Å². The Morgan fingerprint density at radius 2 is 1.58 bits per heavy atom. The Bertz CT molecular complexity index is 294. The van der Waals surface area contributed by atoms with Gasteiger partial charge in [0.25, 0.3) is 0 Å². The molecule has 0 heterocycles. The lowest BCUT2D eigenvalue weighted by molar-refractivity contribution is -0.167. The van der Waals surface area contributed by atoms with E-state index in [9.17, 15) is 4.79 Å². The van der Waals surface area contributed by atoms with Crippen LogP contribution in [0.15, 0.2) is 0 Å². The smallest absolute Gasteiger partial charge is 0.312 e. The molecule has 114 valence electrons. The quantitative estimate of drug-likeness (QED) is 0.684. The highest BCUT2D eigenvalue weighted by Crippen LogP contribution is 2.50. The minimum atomic E-state index is -0.531. The van der Waals surface area contributed by atoms with Crippen LogP contribution in [0, 0.1) is 16.2 Å². The zero-order valence-electron chi connectivity index (χ0n) is 13.8. The highest BCUT2D eigenvalue weighted by atomic mass is 16.5. The monoisotopic (exact) mass is 272 g/mol. The second kappa shape index (κ2) is 6.74. The highest BCUT2D eigenvalue weighted by Gasteiger charge is 2.49. The Hall–Kier alpha value is -0.570. The maximum absolute atomic E-state index is 12.5. The summed E-state index contributed by atoms with van der Waals surface area (Å²) in [7, 11) is 0. The first-order valence-corrected chi connectivity index (χ1v) is 7.34. The lowest BCUT2D eigenvalue weighted by Gasteiger charge is -2.45. The summed E-state index contributed by atoms with van der Waals surface area (Å²) < 4.78 is 5.25. The van der Waals surface area contributed by atoms with Gasteiger partial charge in [-0.05, 0) is 30.6 Å². The second-order valence-electron chi connectivity index (χ2n) is 7.12. The van der Waals surface area contributed by atoms with E-state index in [1.165, 1.54) is 0 Å². The standard InChI is InChI=1S/C16H32O3/c1-8-14(3,4)12-16(7,15(5,6)9-2)13(18)19-11-10-17/h17H,8-12H2,1-7H3. The number of hydrogen-bond donors (Lipinski definition) is 1. The van der Waals surface area contributed by atoms with Gasteiger partial charge in [-0.2, -0.15) is 0 Å². The predicted molar refractivity (Wildman–Crippen MR) is 78.9 cm³/mol. The van der Waals surface area contributed by atoms with Crippen LogP contribution in [-0.2, 0) is 9.53 Å². The summed E-state index contributed by atoms with van der Waals surface area (Å²) >= 11 is 0. The number of aliphatic hydroxyl groups is 1. The van der Waals surface area contributed by atoms with Crippen LogP contribution >= 0.6 is 0 Å². The molecule has 0 amide bonds. The zero-order chi connectivity index (χ0) is 15.3. The Morgan fingerprint density at radius 3 is 1.95 bits per heavy atom. The largest absolute Gasteiger partial charge is 0.463 e. The Balaban J connectivity index is 5.31. The van der Waals surface area contributed by atoms with Gasteiger partial charge in [-0.3, -0.25) is 4.79 Å². The van der Waals surface area contributed by atoms with Crippen LogP contribution in [0.2, 0.25) is 0 Å². The van der Waals surface area contributed by atoms with E-state index >= 15 is 0 Å². The number of ether oxygens (including phenoxy) is 1. The summed E-state index contributed by atoms with van der Waals surface area (Å²) in [6.45, 7) is 14.9. The van der Waals surface area contributed by atoms with Gasteiger partial charge in [0.2, 0.25) is 0 Å². The van der Waals surface area contributed by atoms with E-state index in [4.69, 9.17) is 9.84 Å². The topological polar surface area (TPSA) is 46.5 Å². The Labute approximate surface area is 118 Å². The van der Waals surface area contributed by atoms with Gasteiger partial charge in [0, 0.05) is 0 Å². The molecule has 0 aliphatic heterocycles. The van der Waals surface area contributed by atoms with Crippen molar-refractivity contribution in [2.75, 3.05) is 13.2 Å². The Kier molecular flexibility index (Phi) is 6.53. The van der Waals surface area contributed by atoms with E-state index in [0.29, 0.717) is 0 Å². The summed E-state index contributed by atoms with van der Waals surface area (Å²) in [5.74, 6) is -0.185. The minimum Gasteiger partial charge on any atom is -0.463 e. The van der Waals surface area contributed by atoms with Gasteiger partial charge < -0.3 is 9.84 Å². The van der Waals surface area contributed by atoms with Crippen molar-refractivity contribution in [1.29, 1.82) is 0 Å². The number of esters is 1. The van der Waals surface area contributed by atoms with Gasteiger partial charge in [0.1, 0.15) is 6.61 Å². The fraction of sp³-hybridized carbons (Fsp3) is 0.938. The second-order valence-corrected chi connectivity index (χ2v) is 7.12. The average molecular weight is 272 g/mol. The molecule has 1 N–H and O–H groups in total. The van der Waals surface area contributed by atoms with E-state index in [0.717, 1.165) is 19.3 Å². The third-order valence-electron chi connectivity index (χ3n) is 4.94. The molecule has 1 unspecified atom stereocenters. The molecule has 0 bridgehead atoms. The summed E-state index contributed by atoms with van der Waals surface area (Å²) in [6.07, 6.45) is 2.73. The molecule has 0 rings (SSSR count). The molecule has 0 aliphatic rings. The first kappa shape index (κ1) is 18.4. The molecule has 0 radical (unpaired) electrons. The highest BCUT2D eigenvalue weighted by molar-refractivity contribution is 5.77. The maximum Gasteiger partial charge on any atom is 0.312 e. The van der Waals surface area contributed by atoms with E-state index in [2.05, 4.69) is 41.5 Å². The van der Waals surface area contributed by atoms with Crippen molar-refractivity contribution in [2.45, 2.75) is 67.7 Å². The fourth-order valence-corrected chi connectivity index (χ4v) is 2.36. The first-order chi connectivity index (χ1) is 8.56. The lowest BCUT2D eigenvalue weighted by Crippen LogP contribution is -2.46. The van der Waals surface area contributed by atoms with E-state index < -0.39 is 5.41 Å². The zero-order valence-corrected chi connectivity index (χ0v) is 13.8. The third-order valence-corrected chi connectivity index (χ3v) is 4.94. The number of aliphatic hydroxyl groups excluding tert-OH is 1. The van der Waals surface area contributed by atoms with E-state index in [1.54, 1.807) is 0 Å². The van der Waals surface area contributed by atoms with Crippen LogP contribution in [0.25, 0.3) is 0 Å². The molecular weight excluding hydrogens is 240 g/mol. The summed E-state index contributed by atoms with van der Waals surface area (Å²) in [5.41, 5.74) is -0.568. The normalized spacial score (nSPS) is 16.0. The molecule has 0 fully saturated rings. The molecule has 0 saturated heterocycles. The predicted octanol–water partition coefficient (Wildman–Crippen LogP) is 3.79. The van der Waals surface area contributed by atoms with Gasteiger partial charge >= 0.3 is 5.97 Å². The molecule has 0 saturated carbocycles. The molecule has 0 aromatic heterocycles. The summed E-state index contributed by atoms with van der Waals surface area (Å²) in [6, 6.07) is 0. The van der Waals surface area contributed by atoms with Crippen LogP contribution in [-0.4, -0.2) is 24.3 Å². The van der Waals surface area contributed by atoms with Crippen molar-refractivity contribution in [2.24, 2.45) is 16.2 Å². The molecule has 3 nitrogen and oxygen atoms in total. The summed E-state index contributed by atoms with van der Waals surface area (Å²) in [5, 5.41) is 8.84. The Morgan fingerprint density at radius 1 is 1.05 bits per heavy atom. The number of carbonyl (C=O) groups excluding carboxylic acids is 1. The van der Waals surface area contributed by atoms with E-state index in [-0.39, 0.29) is 30.0 Å². The maximum atomic E-state index is 12.5.